The number of ether oxygens (including phenoxy) is 1. The molecule has 27 heavy (non-hydrogen) atoms. The Labute approximate surface area is 157 Å². The molecule has 136 valence electrons. The summed E-state index contributed by atoms with van der Waals surface area (Å²) >= 11 is 0. The minimum absolute atomic E-state index is 0.264. The van der Waals surface area contributed by atoms with Gasteiger partial charge in [0.25, 0.3) is 0 Å². The fourth-order valence-electron chi connectivity index (χ4n) is 3.50. The summed E-state index contributed by atoms with van der Waals surface area (Å²) in [5.41, 5.74) is 6.93. The molecule has 0 aliphatic heterocycles. The zero-order valence-corrected chi connectivity index (χ0v) is 15.8. The second kappa shape index (κ2) is 6.54. The average molecular weight is 361 g/mol. The van der Waals surface area contributed by atoms with E-state index in [1.165, 1.54) is 6.07 Å². The van der Waals surface area contributed by atoms with Crippen LogP contribution >= 0.6 is 0 Å². The first-order valence-corrected chi connectivity index (χ1v) is 8.79. The largest absolute Gasteiger partial charge is 0.496 e. The molecule has 4 rings (SSSR count). The van der Waals surface area contributed by atoms with E-state index in [0.717, 1.165) is 33.5 Å². The summed E-state index contributed by atoms with van der Waals surface area (Å²) in [6.45, 7) is 5.80. The summed E-state index contributed by atoms with van der Waals surface area (Å²) in [7, 11) is 1.69. The van der Waals surface area contributed by atoms with Crippen molar-refractivity contribution >= 4 is 11.1 Å². The van der Waals surface area contributed by atoms with Crippen LogP contribution in [0.15, 0.2) is 52.9 Å². The number of aromatic nitrogens is 1. The van der Waals surface area contributed by atoms with Gasteiger partial charge < -0.3 is 9.15 Å². The molecule has 4 aromatic rings. The Kier molecular flexibility index (Phi) is 4.19. The van der Waals surface area contributed by atoms with Gasteiger partial charge in [-0.15, -0.1) is 0 Å². The van der Waals surface area contributed by atoms with Crippen molar-refractivity contribution in [3.63, 3.8) is 0 Å². The monoisotopic (exact) mass is 361 g/mol. The zero-order chi connectivity index (χ0) is 19.1. The van der Waals surface area contributed by atoms with E-state index in [2.05, 4.69) is 17.1 Å². The molecular weight excluding hydrogens is 341 g/mol. The molecule has 1 aromatic heterocycles. The van der Waals surface area contributed by atoms with Crippen molar-refractivity contribution in [3.05, 3.63) is 71.0 Å². The van der Waals surface area contributed by atoms with Crippen LogP contribution in [-0.2, 0) is 0 Å². The molecular formula is C23H20FNO2. The number of fused-ring (bicyclic) bond motifs is 1. The number of benzene rings is 3. The molecule has 3 aromatic carbocycles. The van der Waals surface area contributed by atoms with Crippen molar-refractivity contribution in [2.24, 2.45) is 0 Å². The maximum atomic E-state index is 13.9. The Morgan fingerprint density at radius 3 is 2.37 bits per heavy atom. The van der Waals surface area contributed by atoms with E-state index < -0.39 is 0 Å². The average Bonchev–Trinajstić information content (AvgIpc) is 3.06. The molecule has 0 spiro atoms. The van der Waals surface area contributed by atoms with E-state index in [-0.39, 0.29) is 5.82 Å². The summed E-state index contributed by atoms with van der Waals surface area (Å²) in [6.07, 6.45) is 0. The Hall–Kier alpha value is -3.14. The van der Waals surface area contributed by atoms with Gasteiger partial charge in [0.1, 0.15) is 17.1 Å². The van der Waals surface area contributed by atoms with Crippen LogP contribution in [0.3, 0.4) is 0 Å². The van der Waals surface area contributed by atoms with Gasteiger partial charge in [-0.1, -0.05) is 12.1 Å². The zero-order valence-electron chi connectivity index (χ0n) is 15.8. The standard InChI is InChI=1S/C23H20FNO2/c1-13-10-17(11-14(2)22(13)26-4)16-8-9-20-21(12-16)27-23(25-20)18-6-5-7-19(24)15(18)3/h5-12H,1-4H3. The van der Waals surface area contributed by atoms with Crippen molar-refractivity contribution in [1.82, 2.24) is 4.98 Å². The van der Waals surface area contributed by atoms with Crippen LogP contribution in [0.1, 0.15) is 16.7 Å². The lowest BCUT2D eigenvalue weighted by atomic mass is 9.99. The van der Waals surface area contributed by atoms with Crippen molar-refractivity contribution in [1.29, 1.82) is 0 Å². The highest BCUT2D eigenvalue weighted by Crippen LogP contribution is 2.33. The smallest absolute Gasteiger partial charge is 0.227 e. The maximum Gasteiger partial charge on any atom is 0.227 e. The van der Waals surface area contributed by atoms with Gasteiger partial charge in [-0.25, -0.2) is 9.37 Å². The maximum absolute atomic E-state index is 13.9. The molecule has 0 saturated carbocycles. The predicted octanol–water partition coefficient (Wildman–Crippen LogP) is 6.23. The van der Waals surface area contributed by atoms with Gasteiger partial charge in [0.05, 0.1) is 7.11 Å². The summed E-state index contributed by atoms with van der Waals surface area (Å²) in [6, 6.07) is 15.0. The van der Waals surface area contributed by atoms with Crippen LogP contribution < -0.4 is 4.74 Å². The van der Waals surface area contributed by atoms with Crippen LogP contribution in [0.5, 0.6) is 5.75 Å². The molecule has 0 radical (unpaired) electrons. The molecule has 0 saturated heterocycles. The van der Waals surface area contributed by atoms with Gasteiger partial charge in [-0.2, -0.15) is 0 Å². The fraction of sp³-hybridized carbons (Fsp3) is 0.174. The SMILES string of the molecule is COc1c(C)cc(-c2ccc3nc(-c4cccc(F)c4C)oc3c2)cc1C. The van der Waals surface area contributed by atoms with Crippen LogP contribution in [0, 0.1) is 26.6 Å². The van der Waals surface area contributed by atoms with Crippen LogP contribution in [0.2, 0.25) is 0 Å². The van der Waals surface area contributed by atoms with Crippen LogP contribution in [-0.4, -0.2) is 12.1 Å². The molecule has 0 atom stereocenters. The van der Waals surface area contributed by atoms with Gasteiger partial charge in [0.2, 0.25) is 5.89 Å². The topological polar surface area (TPSA) is 35.3 Å². The molecule has 3 nitrogen and oxygen atoms in total. The Morgan fingerprint density at radius 1 is 0.926 bits per heavy atom. The Morgan fingerprint density at radius 2 is 1.67 bits per heavy atom. The number of nitrogens with zero attached hydrogens (tertiary/aromatic N) is 1. The minimum Gasteiger partial charge on any atom is -0.496 e. The summed E-state index contributed by atoms with van der Waals surface area (Å²) in [5.74, 6) is 1.07. The quantitative estimate of drug-likeness (QED) is 0.433. The van der Waals surface area contributed by atoms with E-state index in [4.69, 9.17) is 9.15 Å². The second-order valence-electron chi connectivity index (χ2n) is 6.76. The van der Waals surface area contributed by atoms with Gasteiger partial charge in [-0.05, 0) is 85.0 Å². The van der Waals surface area contributed by atoms with Gasteiger partial charge in [-0.3, -0.25) is 0 Å². The first-order chi connectivity index (χ1) is 13.0. The molecule has 0 bridgehead atoms. The van der Waals surface area contributed by atoms with E-state index >= 15 is 0 Å². The van der Waals surface area contributed by atoms with Gasteiger partial charge in [0, 0.05) is 5.56 Å². The van der Waals surface area contributed by atoms with Crippen LogP contribution in [0.25, 0.3) is 33.7 Å². The normalized spacial score (nSPS) is 11.1. The number of methoxy groups -OCH3 is 1. The lowest BCUT2D eigenvalue weighted by Gasteiger charge is -2.11. The number of aryl methyl sites for hydroxylation is 2. The highest BCUT2D eigenvalue weighted by Gasteiger charge is 2.14. The summed E-state index contributed by atoms with van der Waals surface area (Å²) < 4.78 is 25.3. The lowest BCUT2D eigenvalue weighted by Crippen LogP contribution is -1.92. The highest BCUT2D eigenvalue weighted by atomic mass is 19.1. The summed E-state index contributed by atoms with van der Waals surface area (Å²) in [4.78, 5) is 4.53. The number of rotatable bonds is 3. The molecule has 0 fully saturated rings. The number of oxazole rings is 1. The summed E-state index contributed by atoms with van der Waals surface area (Å²) in [5, 5.41) is 0. The van der Waals surface area contributed by atoms with Crippen molar-refractivity contribution in [2.45, 2.75) is 20.8 Å². The third-order valence-electron chi connectivity index (χ3n) is 4.88. The molecule has 0 unspecified atom stereocenters. The molecule has 4 heteroatoms. The Balaban J connectivity index is 1.81. The predicted molar refractivity (Wildman–Crippen MR) is 106 cm³/mol. The Bertz CT molecular complexity index is 1140. The number of hydrogen-bond donors (Lipinski definition) is 0. The second-order valence-corrected chi connectivity index (χ2v) is 6.76. The van der Waals surface area contributed by atoms with E-state index in [0.29, 0.717) is 22.6 Å². The van der Waals surface area contributed by atoms with Crippen molar-refractivity contribution < 1.29 is 13.5 Å². The first kappa shape index (κ1) is 17.3. The first-order valence-electron chi connectivity index (χ1n) is 8.79. The van der Waals surface area contributed by atoms with Crippen molar-refractivity contribution in [2.75, 3.05) is 7.11 Å². The van der Waals surface area contributed by atoms with E-state index in [1.54, 1.807) is 20.1 Å². The van der Waals surface area contributed by atoms with Gasteiger partial charge >= 0.3 is 0 Å². The number of hydrogen-bond acceptors (Lipinski definition) is 3. The highest BCUT2D eigenvalue weighted by molar-refractivity contribution is 5.83. The molecule has 0 N–H and O–H groups in total. The lowest BCUT2D eigenvalue weighted by molar-refractivity contribution is 0.408. The number of halogens is 1. The third-order valence-corrected chi connectivity index (χ3v) is 4.88. The molecule has 0 amide bonds. The van der Waals surface area contributed by atoms with Crippen molar-refractivity contribution in [3.8, 4) is 28.3 Å². The third kappa shape index (κ3) is 2.97. The van der Waals surface area contributed by atoms with E-state index in [1.807, 2.05) is 38.1 Å². The minimum atomic E-state index is -0.264. The fourth-order valence-corrected chi connectivity index (χ4v) is 3.50. The molecule has 0 aliphatic carbocycles. The van der Waals surface area contributed by atoms with E-state index in [9.17, 15) is 4.39 Å². The molecule has 0 aliphatic rings. The molecule has 1 heterocycles. The van der Waals surface area contributed by atoms with Crippen LogP contribution in [0.4, 0.5) is 4.39 Å². The van der Waals surface area contributed by atoms with Gasteiger partial charge in [0.15, 0.2) is 5.58 Å².